The molecule has 0 spiro atoms. The highest BCUT2D eigenvalue weighted by molar-refractivity contribution is 7.91. The van der Waals surface area contributed by atoms with Crippen molar-refractivity contribution in [3.05, 3.63) is 108 Å². The number of rotatable bonds is 10. The average molecular weight is 515 g/mol. The summed E-state index contributed by atoms with van der Waals surface area (Å²) in [5, 5.41) is 8.41. The van der Waals surface area contributed by atoms with Crippen molar-refractivity contribution in [2.24, 2.45) is 10.2 Å². The molecule has 4 aromatic carbocycles. The number of nitrogens with zero attached hydrogens (tertiary/aromatic N) is 2. The lowest BCUT2D eigenvalue weighted by Gasteiger charge is -2.08. The van der Waals surface area contributed by atoms with Gasteiger partial charge in [-0.25, -0.2) is 8.42 Å². The molecular weight excluding hydrogens is 488 g/mol. The largest absolute Gasteiger partial charge is 0.496 e. The molecule has 0 bridgehead atoms. The van der Waals surface area contributed by atoms with E-state index in [2.05, 4.69) is 21.1 Å². The Hall–Kier alpha value is -4.63. The molecule has 0 heterocycles. The maximum absolute atomic E-state index is 13.1. The zero-order valence-corrected chi connectivity index (χ0v) is 21.1. The van der Waals surface area contributed by atoms with Crippen LogP contribution in [0.2, 0.25) is 0 Å². The van der Waals surface area contributed by atoms with Gasteiger partial charge in [0.2, 0.25) is 9.84 Å². The average Bonchev–Trinajstić information content (AvgIpc) is 2.94. The Bertz CT molecular complexity index is 1390. The third-order valence-electron chi connectivity index (χ3n) is 5.40. The second kappa shape index (κ2) is 11.9. The number of hydrogen-bond donors (Lipinski definition) is 2. The van der Waals surface area contributed by atoms with E-state index in [9.17, 15) is 8.42 Å². The van der Waals surface area contributed by atoms with Gasteiger partial charge in [0.15, 0.2) is 0 Å². The number of methoxy groups -OCH3 is 2. The Morgan fingerprint density at radius 2 is 0.973 bits per heavy atom. The molecule has 4 rings (SSSR count). The van der Waals surface area contributed by atoms with Gasteiger partial charge < -0.3 is 9.47 Å². The first-order valence-corrected chi connectivity index (χ1v) is 12.8. The van der Waals surface area contributed by atoms with Crippen LogP contribution in [-0.2, 0) is 9.84 Å². The van der Waals surface area contributed by atoms with Crippen LogP contribution in [0.4, 0.5) is 11.4 Å². The van der Waals surface area contributed by atoms with E-state index in [4.69, 9.17) is 9.47 Å². The van der Waals surface area contributed by atoms with Crippen LogP contribution >= 0.6 is 0 Å². The van der Waals surface area contributed by atoms with Crippen molar-refractivity contribution in [3.8, 4) is 11.5 Å². The standard InChI is InChI=1S/C28H26N4O4S/c1-35-27-9-5-3-7-21(27)19-29-31-23-11-15-25(16-12-23)37(33,34)26-17-13-24(14-18-26)32-30-20-22-8-4-6-10-28(22)36-2/h3-20,31-32H,1-2H3/b29-19+,30-20?. The summed E-state index contributed by atoms with van der Waals surface area (Å²) < 4.78 is 36.7. The molecule has 0 unspecified atom stereocenters. The maximum atomic E-state index is 13.1. The molecule has 0 radical (unpaired) electrons. The van der Waals surface area contributed by atoms with Crippen LogP contribution in [0.5, 0.6) is 11.5 Å². The summed E-state index contributed by atoms with van der Waals surface area (Å²) in [5.74, 6) is 1.41. The molecule has 37 heavy (non-hydrogen) atoms. The fourth-order valence-electron chi connectivity index (χ4n) is 3.45. The monoisotopic (exact) mass is 514 g/mol. The first kappa shape index (κ1) is 25.5. The highest BCUT2D eigenvalue weighted by Gasteiger charge is 2.17. The van der Waals surface area contributed by atoms with Gasteiger partial charge in [0.25, 0.3) is 0 Å². The molecule has 0 aliphatic rings. The Labute approximate surface area is 216 Å². The molecular formula is C28H26N4O4S. The Morgan fingerprint density at radius 1 is 0.595 bits per heavy atom. The smallest absolute Gasteiger partial charge is 0.206 e. The summed E-state index contributed by atoms with van der Waals surface area (Å²) in [7, 11) is -0.487. The predicted octanol–water partition coefficient (Wildman–Crippen LogP) is 5.43. The number of para-hydroxylation sites is 2. The van der Waals surface area contributed by atoms with Gasteiger partial charge in [-0.15, -0.1) is 0 Å². The number of hydrogen-bond acceptors (Lipinski definition) is 8. The number of anilines is 2. The first-order chi connectivity index (χ1) is 18.0. The second-order valence-electron chi connectivity index (χ2n) is 7.78. The molecule has 0 saturated heterocycles. The van der Waals surface area contributed by atoms with Gasteiger partial charge in [0, 0.05) is 11.1 Å². The Morgan fingerprint density at radius 3 is 1.35 bits per heavy atom. The van der Waals surface area contributed by atoms with Gasteiger partial charge >= 0.3 is 0 Å². The lowest BCUT2D eigenvalue weighted by molar-refractivity contribution is 0.414. The minimum absolute atomic E-state index is 0.182. The molecule has 4 aromatic rings. The number of nitrogens with one attached hydrogen (secondary N) is 2. The van der Waals surface area contributed by atoms with Crippen LogP contribution in [0.1, 0.15) is 11.1 Å². The van der Waals surface area contributed by atoms with Crippen molar-refractivity contribution in [2.75, 3.05) is 25.1 Å². The van der Waals surface area contributed by atoms with Crippen molar-refractivity contribution in [3.63, 3.8) is 0 Å². The molecule has 0 aromatic heterocycles. The van der Waals surface area contributed by atoms with Gasteiger partial charge in [0.05, 0.1) is 47.8 Å². The van der Waals surface area contributed by atoms with Gasteiger partial charge in [0.1, 0.15) is 11.5 Å². The zero-order valence-electron chi connectivity index (χ0n) is 20.3. The Balaban J connectivity index is 1.39. The van der Waals surface area contributed by atoms with Crippen LogP contribution in [-0.4, -0.2) is 35.1 Å². The molecule has 9 heteroatoms. The van der Waals surface area contributed by atoms with E-state index in [0.29, 0.717) is 22.9 Å². The van der Waals surface area contributed by atoms with Crippen molar-refractivity contribution in [1.82, 2.24) is 0 Å². The zero-order chi connectivity index (χ0) is 26.1. The number of ether oxygens (including phenoxy) is 2. The predicted molar refractivity (Wildman–Crippen MR) is 147 cm³/mol. The minimum Gasteiger partial charge on any atom is -0.496 e. The van der Waals surface area contributed by atoms with Crippen LogP contribution in [0.15, 0.2) is 117 Å². The van der Waals surface area contributed by atoms with E-state index in [1.165, 1.54) is 0 Å². The van der Waals surface area contributed by atoms with Crippen LogP contribution in [0, 0.1) is 0 Å². The summed E-state index contributed by atoms with van der Waals surface area (Å²) in [4.78, 5) is 0.364. The normalized spacial score (nSPS) is 11.5. The summed E-state index contributed by atoms with van der Waals surface area (Å²) in [5.41, 5.74) is 8.74. The lowest BCUT2D eigenvalue weighted by Crippen LogP contribution is -2.02. The van der Waals surface area contributed by atoms with Gasteiger partial charge in [-0.05, 0) is 72.8 Å². The second-order valence-corrected chi connectivity index (χ2v) is 9.73. The van der Waals surface area contributed by atoms with E-state index in [1.807, 2.05) is 48.5 Å². The highest BCUT2D eigenvalue weighted by Crippen LogP contribution is 2.24. The molecule has 0 aliphatic carbocycles. The van der Waals surface area contributed by atoms with Gasteiger partial charge in [-0.3, -0.25) is 10.9 Å². The van der Waals surface area contributed by atoms with E-state index < -0.39 is 9.84 Å². The molecule has 0 fully saturated rings. The van der Waals surface area contributed by atoms with Crippen LogP contribution in [0.3, 0.4) is 0 Å². The molecule has 0 amide bonds. The molecule has 0 saturated carbocycles. The third kappa shape index (κ3) is 6.33. The minimum atomic E-state index is -3.68. The van der Waals surface area contributed by atoms with Crippen LogP contribution in [0.25, 0.3) is 0 Å². The maximum Gasteiger partial charge on any atom is 0.206 e. The van der Waals surface area contributed by atoms with E-state index >= 15 is 0 Å². The molecule has 188 valence electrons. The summed E-state index contributed by atoms with van der Waals surface area (Å²) in [6.07, 6.45) is 3.28. The van der Waals surface area contributed by atoms with E-state index in [1.54, 1.807) is 75.2 Å². The topological polar surface area (TPSA) is 101 Å². The fraction of sp³-hybridized carbons (Fsp3) is 0.0714. The van der Waals surface area contributed by atoms with Crippen molar-refractivity contribution in [1.29, 1.82) is 0 Å². The molecule has 2 N–H and O–H groups in total. The third-order valence-corrected chi connectivity index (χ3v) is 7.19. The van der Waals surface area contributed by atoms with Crippen molar-refractivity contribution >= 4 is 33.6 Å². The van der Waals surface area contributed by atoms with E-state index in [-0.39, 0.29) is 9.79 Å². The number of sulfone groups is 1. The van der Waals surface area contributed by atoms with Gasteiger partial charge in [-0.1, -0.05) is 24.3 Å². The molecule has 0 atom stereocenters. The summed E-state index contributed by atoms with van der Waals surface area (Å²) >= 11 is 0. The summed E-state index contributed by atoms with van der Waals surface area (Å²) in [6, 6.07) is 27.8. The van der Waals surface area contributed by atoms with Crippen LogP contribution < -0.4 is 20.3 Å². The SMILES string of the molecule is COc1ccccc1C=NNc1ccc(S(=O)(=O)c2ccc(N/N=C/c3ccccc3OC)cc2)cc1. The lowest BCUT2D eigenvalue weighted by atomic mass is 10.2. The number of hydrazone groups is 2. The highest BCUT2D eigenvalue weighted by atomic mass is 32.2. The Kier molecular flexibility index (Phi) is 8.17. The van der Waals surface area contributed by atoms with Crippen molar-refractivity contribution in [2.45, 2.75) is 9.79 Å². The molecule has 8 nitrogen and oxygen atoms in total. The summed E-state index contributed by atoms with van der Waals surface area (Å²) in [6.45, 7) is 0. The number of benzene rings is 4. The fourth-order valence-corrected chi connectivity index (χ4v) is 4.71. The molecule has 0 aliphatic heterocycles. The van der Waals surface area contributed by atoms with Crippen molar-refractivity contribution < 1.29 is 17.9 Å². The quantitative estimate of drug-likeness (QED) is 0.216. The first-order valence-electron chi connectivity index (χ1n) is 11.3. The van der Waals surface area contributed by atoms with Gasteiger partial charge in [-0.2, -0.15) is 10.2 Å². The van der Waals surface area contributed by atoms with E-state index in [0.717, 1.165) is 11.1 Å².